The molecule has 1 N–H and O–H groups in total. The zero-order chi connectivity index (χ0) is 17.8. The van der Waals surface area contributed by atoms with Crippen molar-refractivity contribution in [1.29, 1.82) is 0 Å². The van der Waals surface area contributed by atoms with E-state index in [2.05, 4.69) is 38.3 Å². The van der Waals surface area contributed by atoms with Gasteiger partial charge in [0.05, 0.1) is 5.02 Å². The monoisotopic (exact) mass is 440 g/mol. The fraction of sp³-hybridized carbons (Fsp3) is 0.316. The number of amides is 1. The summed E-state index contributed by atoms with van der Waals surface area (Å²) in [6.45, 7) is 2.73. The van der Waals surface area contributed by atoms with E-state index in [-0.39, 0.29) is 11.8 Å². The summed E-state index contributed by atoms with van der Waals surface area (Å²) in [4.78, 5) is 14.8. The standard InChI is InChI=1S/C19H19BrCl2N2O/c20-17-6-5-16(11-18(17)22)23-19(25)14-7-9-24(10-8-14)12-13-1-3-15(21)4-2-13/h1-6,11,14H,7-10,12H2,(H,23,25). The summed E-state index contributed by atoms with van der Waals surface area (Å²) >= 11 is 15.4. The molecule has 0 saturated carbocycles. The molecule has 1 aliphatic rings. The fourth-order valence-corrected chi connectivity index (χ4v) is 3.57. The molecule has 1 saturated heterocycles. The molecule has 0 aliphatic carbocycles. The van der Waals surface area contributed by atoms with Gasteiger partial charge in [-0.3, -0.25) is 9.69 Å². The Morgan fingerprint density at radius 2 is 1.80 bits per heavy atom. The highest BCUT2D eigenvalue weighted by Crippen LogP contribution is 2.27. The molecule has 3 rings (SSSR count). The fourth-order valence-electron chi connectivity index (χ4n) is 3.02. The minimum absolute atomic E-state index is 0.0453. The summed E-state index contributed by atoms with van der Waals surface area (Å²) in [5.74, 6) is 0.119. The van der Waals surface area contributed by atoms with Gasteiger partial charge in [-0.15, -0.1) is 0 Å². The van der Waals surface area contributed by atoms with E-state index in [4.69, 9.17) is 23.2 Å². The molecule has 6 heteroatoms. The van der Waals surface area contributed by atoms with Gasteiger partial charge in [0, 0.05) is 27.6 Å². The molecule has 2 aromatic rings. The summed E-state index contributed by atoms with van der Waals surface area (Å²) in [5, 5.41) is 4.32. The van der Waals surface area contributed by atoms with E-state index in [0.29, 0.717) is 5.02 Å². The first-order chi connectivity index (χ1) is 12.0. The van der Waals surface area contributed by atoms with Crippen LogP contribution < -0.4 is 5.32 Å². The van der Waals surface area contributed by atoms with Crippen LogP contribution in [-0.2, 0) is 11.3 Å². The molecule has 0 radical (unpaired) electrons. The third kappa shape index (κ3) is 5.20. The van der Waals surface area contributed by atoms with Crippen LogP contribution in [-0.4, -0.2) is 23.9 Å². The van der Waals surface area contributed by atoms with Crippen LogP contribution in [0.25, 0.3) is 0 Å². The van der Waals surface area contributed by atoms with Crippen molar-refractivity contribution in [2.24, 2.45) is 5.92 Å². The lowest BCUT2D eigenvalue weighted by molar-refractivity contribution is -0.121. The maximum Gasteiger partial charge on any atom is 0.227 e. The lowest BCUT2D eigenvalue weighted by Crippen LogP contribution is -2.37. The van der Waals surface area contributed by atoms with E-state index < -0.39 is 0 Å². The van der Waals surface area contributed by atoms with Crippen molar-refractivity contribution in [2.75, 3.05) is 18.4 Å². The van der Waals surface area contributed by atoms with Crippen LogP contribution in [0.15, 0.2) is 46.9 Å². The molecule has 1 aliphatic heterocycles. The van der Waals surface area contributed by atoms with Crippen molar-refractivity contribution in [2.45, 2.75) is 19.4 Å². The maximum absolute atomic E-state index is 12.5. The zero-order valence-corrected chi connectivity index (χ0v) is 16.7. The number of hydrogen-bond acceptors (Lipinski definition) is 2. The van der Waals surface area contributed by atoms with Crippen molar-refractivity contribution in [3.05, 3.63) is 62.5 Å². The molecule has 0 spiro atoms. The van der Waals surface area contributed by atoms with E-state index in [1.54, 1.807) is 6.07 Å². The number of likely N-dealkylation sites (tertiary alicyclic amines) is 1. The van der Waals surface area contributed by atoms with Gasteiger partial charge in [-0.25, -0.2) is 0 Å². The molecule has 25 heavy (non-hydrogen) atoms. The quantitative estimate of drug-likeness (QED) is 0.668. The molecular formula is C19H19BrCl2N2O. The molecule has 0 aromatic heterocycles. The van der Waals surface area contributed by atoms with Crippen molar-refractivity contribution in [1.82, 2.24) is 4.90 Å². The van der Waals surface area contributed by atoms with Crippen molar-refractivity contribution >= 4 is 50.7 Å². The van der Waals surface area contributed by atoms with Crippen LogP contribution in [0.2, 0.25) is 10.0 Å². The Morgan fingerprint density at radius 3 is 2.44 bits per heavy atom. The van der Waals surface area contributed by atoms with Crippen molar-refractivity contribution < 1.29 is 4.79 Å². The molecule has 2 aromatic carbocycles. The topological polar surface area (TPSA) is 32.3 Å². The van der Waals surface area contributed by atoms with Crippen LogP contribution in [0, 0.1) is 5.92 Å². The Morgan fingerprint density at radius 1 is 1.12 bits per heavy atom. The van der Waals surface area contributed by atoms with Gasteiger partial charge in [0.2, 0.25) is 5.91 Å². The summed E-state index contributed by atoms with van der Waals surface area (Å²) in [6, 6.07) is 13.4. The second-order valence-corrected chi connectivity index (χ2v) is 7.99. The number of hydrogen-bond donors (Lipinski definition) is 1. The van der Waals surface area contributed by atoms with Crippen molar-refractivity contribution in [3.8, 4) is 0 Å². The first kappa shape index (κ1) is 18.7. The van der Waals surface area contributed by atoms with E-state index in [1.807, 2.05) is 24.3 Å². The second-order valence-electron chi connectivity index (χ2n) is 6.30. The van der Waals surface area contributed by atoms with Crippen molar-refractivity contribution in [3.63, 3.8) is 0 Å². The van der Waals surface area contributed by atoms with Gasteiger partial charge in [-0.2, -0.15) is 0 Å². The molecule has 0 unspecified atom stereocenters. The number of halogens is 3. The summed E-state index contributed by atoms with van der Waals surface area (Å²) in [6.07, 6.45) is 1.73. The Kier molecular flexibility index (Phi) is 6.39. The molecule has 0 bridgehead atoms. The summed E-state index contributed by atoms with van der Waals surface area (Å²) in [5.41, 5.74) is 1.98. The summed E-state index contributed by atoms with van der Waals surface area (Å²) < 4.78 is 0.822. The van der Waals surface area contributed by atoms with Gasteiger partial charge in [0.25, 0.3) is 0 Å². The number of nitrogens with zero attached hydrogens (tertiary/aromatic N) is 1. The van der Waals surface area contributed by atoms with Gasteiger partial charge < -0.3 is 5.32 Å². The maximum atomic E-state index is 12.5. The minimum atomic E-state index is 0.0453. The lowest BCUT2D eigenvalue weighted by Gasteiger charge is -2.31. The smallest absolute Gasteiger partial charge is 0.227 e. The largest absolute Gasteiger partial charge is 0.326 e. The number of piperidine rings is 1. The van der Waals surface area contributed by atoms with Gasteiger partial charge in [0.15, 0.2) is 0 Å². The highest BCUT2D eigenvalue weighted by atomic mass is 79.9. The number of nitrogens with one attached hydrogen (secondary N) is 1. The minimum Gasteiger partial charge on any atom is -0.326 e. The third-order valence-electron chi connectivity index (χ3n) is 4.46. The number of carbonyl (C=O) groups is 1. The van der Waals surface area contributed by atoms with Gasteiger partial charge in [-0.05, 0) is 77.8 Å². The predicted octanol–water partition coefficient (Wildman–Crippen LogP) is 5.61. The second kappa shape index (κ2) is 8.54. The molecule has 132 valence electrons. The lowest BCUT2D eigenvalue weighted by atomic mass is 9.95. The number of benzene rings is 2. The first-order valence-corrected chi connectivity index (χ1v) is 9.79. The SMILES string of the molecule is O=C(Nc1ccc(Br)c(Cl)c1)C1CCN(Cc2ccc(Cl)cc2)CC1. The molecule has 1 heterocycles. The summed E-state index contributed by atoms with van der Waals surface area (Å²) in [7, 11) is 0. The Bertz CT molecular complexity index is 744. The van der Waals surface area contributed by atoms with Crippen LogP contribution in [0.3, 0.4) is 0 Å². The molecular weight excluding hydrogens is 423 g/mol. The highest BCUT2D eigenvalue weighted by Gasteiger charge is 2.25. The average Bonchev–Trinajstić information content (AvgIpc) is 2.61. The molecule has 1 amide bonds. The Hall–Kier alpha value is -1.07. The van der Waals surface area contributed by atoms with E-state index in [9.17, 15) is 4.79 Å². The van der Waals surface area contributed by atoms with Crippen LogP contribution in [0.4, 0.5) is 5.69 Å². The number of carbonyl (C=O) groups excluding carboxylic acids is 1. The average molecular weight is 442 g/mol. The molecule has 3 nitrogen and oxygen atoms in total. The Labute approximate surface area is 166 Å². The van der Waals surface area contributed by atoms with Crippen LogP contribution >= 0.6 is 39.1 Å². The molecule has 0 atom stereocenters. The Balaban J connectivity index is 1.50. The van der Waals surface area contributed by atoms with Gasteiger partial charge in [0.1, 0.15) is 0 Å². The van der Waals surface area contributed by atoms with E-state index in [0.717, 1.165) is 47.7 Å². The normalized spacial score (nSPS) is 16.0. The van der Waals surface area contributed by atoms with Gasteiger partial charge in [-0.1, -0.05) is 35.3 Å². The number of rotatable bonds is 4. The van der Waals surface area contributed by atoms with Gasteiger partial charge >= 0.3 is 0 Å². The highest BCUT2D eigenvalue weighted by molar-refractivity contribution is 9.10. The predicted molar refractivity (Wildman–Crippen MR) is 107 cm³/mol. The first-order valence-electron chi connectivity index (χ1n) is 8.24. The zero-order valence-electron chi connectivity index (χ0n) is 13.6. The van der Waals surface area contributed by atoms with Crippen LogP contribution in [0.1, 0.15) is 18.4 Å². The van der Waals surface area contributed by atoms with Crippen LogP contribution in [0.5, 0.6) is 0 Å². The third-order valence-corrected chi connectivity index (χ3v) is 5.95. The number of anilines is 1. The van der Waals surface area contributed by atoms with E-state index in [1.165, 1.54) is 5.56 Å². The molecule has 1 fully saturated rings. The van der Waals surface area contributed by atoms with E-state index >= 15 is 0 Å².